The highest BCUT2D eigenvalue weighted by atomic mass is 16.5. The molecule has 5 nitrogen and oxygen atoms in total. The maximum atomic E-state index is 13.2. The monoisotopic (exact) mass is 351 g/mol. The van der Waals surface area contributed by atoms with E-state index in [-0.39, 0.29) is 5.92 Å². The van der Waals surface area contributed by atoms with Gasteiger partial charge in [0.25, 0.3) is 0 Å². The second-order valence-electron chi connectivity index (χ2n) is 8.28. The molecule has 3 aliphatic rings. The van der Waals surface area contributed by atoms with E-state index in [4.69, 9.17) is 10.5 Å². The zero-order valence-corrected chi connectivity index (χ0v) is 16.2. The topological polar surface area (TPSA) is 58.8 Å². The third-order valence-corrected chi connectivity index (χ3v) is 6.88. The number of piperazine rings is 1. The first kappa shape index (κ1) is 19.1. The maximum Gasteiger partial charge on any atom is 0.225 e. The molecule has 0 spiro atoms. The number of hydrogen-bond donors (Lipinski definition) is 1. The predicted octanol–water partition coefficient (Wildman–Crippen LogP) is 2.10. The first-order valence-electron chi connectivity index (χ1n) is 10.5. The fourth-order valence-electron chi connectivity index (χ4n) is 5.35. The maximum absolute atomic E-state index is 13.2. The number of hydrogen-bond acceptors (Lipinski definition) is 4. The Hall–Kier alpha value is -0.650. The third-order valence-electron chi connectivity index (χ3n) is 6.88. The second-order valence-corrected chi connectivity index (χ2v) is 8.28. The summed E-state index contributed by atoms with van der Waals surface area (Å²) in [6.07, 6.45) is 6.90. The van der Waals surface area contributed by atoms with Crippen LogP contribution >= 0.6 is 0 Å². The summed E-state index contributed by atoms with van der Waals surface area (Å²) in [5, 5.41) is 0. The van der Waals surface area contributed by atoms with Gasteiger partial charge in [0.05, 0.1) is 6.61 Å². The molecule has 144 valence electrons. The second kappa shape index (κ2) is 8.83. The number of ether oxygens (including phenoxy) is 1. The molecular weight excluding hydrogens is 314 g/mol. The molecule has 1 amide bonds. The molecule has 3 unspecified atom stereocenters. The van der Waals surface area contributed by atoms with Crippen molar-refractivity contribution in [2.24, 2.45) is 23.5 Å². The SMILES string of the molecule is CCOCCN1CCN(C(=O)C2CC3CCCC(C2)C3N)CC1CC. The van der Waals surface area contributed by atoms with E-state index in [0.717, 1.165) is 58.7 Å². The highest BCUT2D eigenvalue weighted by Gasteiger charge is 2.42. The van der Waals surface area contributed by atoms with Gasteiger partial charge >= 0.3 is 0 Å². The van der Waals surface area contributed by atoms with Crippen molar-refractivity contribution in [3.8, 4) is 0 Å². The molecule has 1 heterocycles. The number of carbonyl (C=O) groups excluding carboxylic acids is 1. The van der Waals surface area contributed by atoms with Crippen molar-refractivity contribution < 1.29 is 9.53 Å². The first-order chi connectivity index (χ1) is 12.1. The minimum atomic E-state index is 0.225. The van der Waals surface area contributed by atoms with Crippen LogP contribution in [-0.2, 0) is 9.53 Å². The van der Waals surface area contributed by atoms with Gasteiger partial charge in [-0.3, -0.25) is 9.69 Å². The smallest absolute Gasteiger partial charge is 0.225 e. The van der Waals surface area contributed by atoms with Gasteiger partial charge in [0.15, 0.2) is 0 Å². The van der Waals surface area contributed by atoms with Crippen molar-refractivity contribution in [1.82, 2.24) is 9.80 Å². The van der Waals surface area contributed by atoms with E-state index < -0.39 is 0 Å². The van der Waals surface area contributed by atoms with E-state index in [1.165, 1.54) is 19.3 Å². The Kier molecular flexibility index (Phi) is 6.75. The minimum Gasteiger partial charge on any atom is -0.380 e. The number of nitrogens with two attached hydrogens (primary N) is 1. The van der Waals surface area contributed by atoms with Crippen LogP contribution in [0.25, 0.3) is 0 Å². The van der Waals surface area contributed by atoms with Crippen LogP contribution in [0.4, 0.5) is 0 Å². The summed E-state index contributed by atoms with van der Waals surface area (Å²) in [4.78, 5) is 17.8. The summed E-state index contributed by atoms with van der Waals surface area (Å²) in [6.45, 7) is 9.58. The van der Waals surface area contributed by atoms with Crippen molar-refractivity contribution >= 4 is 5.91 Å². The quantitative estimate of drug-likeness (QED) is 0.745. The van der Waals surface area contributed by atoms with Crippen LogP contribution < -0.4 is 5.73 Å². The van der Waals surface area contributed by atoms with Crippen LogP contribution in [0.5, 0.6) is 0 Å². The first-order valence-corrected chi connectivity index (χ1v) is 10.5. The van der Waals surface area contributed by atoms with Gasteiger partial charge in [-0.05, 0) is 50.9 Å². The van der Waals surface area contributed by atoms with Crippen LogP contribution in [-0.4, -0.2) is 67.2 Å². The summed E-state index contributed by atoms with van der Waals surface area (Å²) in [5.74, 6) is 1.79. The largest absolute Gasteiger partial charge is 0.380 e. The lowest BCUT2D eigenvalue weighted by atomic mass is 9.65. The number of amides is 1. The van der Waals surface area contributed by atoms with Gasteiger partial charge in [-0.25, -0.2) is 0 Å². The van der Waals surface area contributed by atoms with Gasteiger partial charge in [-0.2, -0.15) is 0 Å². The number of nitrogens with zero attached hydrogens (tertiary/aromatic N) is 2. The zero-order valence-electron chi connectivity index (χ0n) is 16.2. The van der Waals surface area contributed by atoms with E-state index in [1.807, 2.05) is 6.92 Å². The highest BCUT2D eigenvalue weighted by Crippen LogP contribution is 2.42. The lowest BCUT2D eigenvalue weighted by Gasteiger charge is -2.46. The Bertz CT molecular complexity index is 431. The standard InChI is InChI=1S/C20H37N3O2/c1-3-18-14-23(9-8-22(18)10-11-25-4-2)20(24)17-12-15-6-5-7-16(13-17)19(15)21/h15-19H,3-14,21H2,1-2H3. The highest BCUT2D eigenvalue weighted by molar-refractivity contribution is 5.79. The molecule has 0 aromatic heterocycles. The molecule has 2 saturated carbocycles. The molecule has 3 atom stereocenters. The molecule has 2 bridgehead atoms. The van der Waals surface area contributed by atoms with E-state index >= 15 is 0 Å². The van der Waals surface area contributed by atoms with Gasteiger partial charge < -0.3 is 15.4 Å². The van der Waals surface area contributed by atoms with Gasteiger partial charge in [0.2, 0.25) is 5.91 Å². The average molecular weight is 352 g/mol. The fraction of sp³-hybridized carbons (Fsp3) is 0.950. The molecule has 25 heavy (non-hydrogen) atoms. The molecule has 3 rings (SSSR count). The Balaban J connectivity index is 1.54. The Morgan fingerprint density at radius 2 is 1.88 bits per heavy atom. The van der Waals surface area contributed by atoms with Crippen LogP contribution in [0.1, 0.15) is 52.4 Å². The summed E-state index contributed by atoms with van der Waals surface area (Å²) >= 11 is 0. The average Bonchev–Trinajstić information content (AvgIpc) is 2.61. The zero-order chi connectivity index (χ0) is 17.8. The molecule has 0 aromatic rings. The third kappa shape index (κ3) is 4.37. The molecule has 0 aromatic carbocycles. The number of fused-ring (bicyclic) bond motifs is 2. The molecule has 5 heteroatoms. The fourth-order valence-corrected chi connectivity index (χ4v) is 5.35. The van der Waals surface area contributed by atoms with Gasteiger partial charge in [-0.15, -0.1) is 0 Å². The lowest BCUT2D eigenvalue weighted by molar-refractivity contribution is -0.142. The number of rotatable bonds is 6. The molecule has 0 radical (unpaired) electrons. The molecule has 1 saturated heterocycles. The van der Waals surface area contributed by atoms with Crippen LogP contribution in [0, 0.1) is 17.8 Å². The normalized spacial score (nSPS) is 36.4. The predicted molar refractivity (Wildman–Crippen MR) is 100 cm³/mol. The summed E-state index contributed by atoms with van der Waals surface area (Å²) < 4.78 is 5.52. The van der Waals surface area contributed by atoms with Crippen molar-refractivity contribution in [1.29, 1.82) is 0 Å². The summed E-state index contributed by atoms with van der Waals surface area (Å²) in [5.41, 5.74) is 6.40. The van der Waals surface area contributed by atoms with Crippen LogP contribution in [0.2, 0.25) is 0 Å². The van der Waals surface area contributed by atoms with E-state index in [9.17, 15) is 4.79 Å². The Morgan fingerprint density at radius 3 is 2.52 bits per heavy atom. The van der Waals surface area contributed by atoms with Gasteiger partial charge in [0, 0.05) is 50.8 Å². The van der Waals surface area contributed by atoms with Crippen molar-refractivity contribution in [2.75, 3.05) is 39.4 Å². The molecule has 3 fully saturated rings. The van der Waals surface area contributed by atoms with E-state index in [0.29, 0.717) is 29.8 Å². The summed E-state index contributed by atoms with van der Waals surface area (Å²) in [7, 11) is 0. The van der Waals surface area contributed by atoms with E-state index in [2.05, 4.69) is 16.7 Å². The van der Waals surface area contributed by atoms with Crippen molar-refractivity contribution in [3.05, 3.63) is 0 Å². The van der Waals surface area contributed by atoms with Crippen LogP contribution in [0.15, 0.2) is 0 Å². The van der Waals surface area contributed by atoms with Crippen molar-refractivity contribution in [2.45, 2.75) is 64.5 Å². The van der Waals surface area contributed by atoms with Crippen LogP contribution in [0.3, 0.4) is 0 Å². The molecule has 2 N–H and O–H groups in total. The Labute approximate surface area is 153 Å². The molecule has 1 aliphatic heterocycles. The number of carbonyl (C=O) groups is 1. The molecular formula is C20H37N3O2. The van der Waals surface area contributed by atoms with E-state index in [1.54, 1.807) is 0 Å². The van der Waals surface area contributed by atoms with Gasteiger partial charge in [0.1, 0.15) is 0 Å². The summed E-state index contributed by atoms with van der Waals surface area (Å²) in [6, 6.07) is 0.820. The van der Waals surface area contributed by atoms with Crippen molar-refractivity contribution in [3.63, 3.8) is 0 Å². The Morgan fingerprint density at radius 1 is 1.16 bits per heavy atom. The van der Waals surface area contributed by atoms with Gasteiger partial charge in [-0.1, -0.05) is 13.3 Å². The molecule has 2 aliphatic carbocycles. The minimum absolute atomic E-state index is 0.225. The lowest BCUT2D eigenvalue weighted by Crippen LogP contribution is -2.57.